The van der Waals surface area contributed by atoms with Gasteiger partial charge in [-0.3, -0.25) is 4.98 Å². The van der Waals surface area contributed by atoms with Crippen LogP contribution in [0.3, 0.4) is 0 Å². The molecule has 0 aliphatic heterocycles. The van der Waals surface area contributed by atoms with Crippen molar-refractivity contribution in [2.75, 3.05) is 0 Å². The van der Waals surface area contributed by atoms with Crippen LogP contribution in [-0.2, 0) is 19.3 Å². The molecule has 0 atom stereocenters. The van der Waals surface area contributed by atoms with Gasteiger partial charge >= 0.3 is 0 Å². The molecule has 0 bridgehead atoms. The van der Waals surface area contributed by atoms with Gasteiger partial charge in [0.05, 0.1) is 0 Å². The van der Waals surface area contributed by atoms with E-state index in [-0.39, 0.29) is 0 Å². The molecule has 0 saturated carbocycles. The average molecular weight is 611 g/mol. The molecule has 44 heavy (non-hydrogen) atoms. The molecule has 0 N–H and O–H groups in total. The summed E-state index contributed by atoms with van der Waals surface area (Å²) in [7, 11) is 0. The number of nitrogens with zero attached hydrogens (tertiary/aromatic N) is 1. The van der Waals surface area contributed by atoms with Crippen LogP contribution in [0.5, 0.6) is 0 Å². The van der Waals surface area contributed by atoms with Gasteiger partial charge in [0.2, 0.25) is 0 Å². The summed E-state index contributed by atoms with van der Waals surface area (Å²) in [5.74, 6) is 0. The highest BCUT2D eigenvalue weighted by atomic mass is 14.7. The van der Waals surface area contributed by atoms with Crippen molar-refractivity contribution in [2.24, 2.45) is 0 Å². The normalized spacial score (nSPS) is 11.5. The van der Waals surface area contributed by atoms with Crippen LogP contribution in [-0.4, -0.2) is 4.98 Å². The number of aryl methyl sites for hydroxylation is 2. The molecule has 1 heterocycles. The highest BCUT2D eigenvalue weighted by Crippen LogP contribution is 2.17. The maximum atomic E-state index is 5.07. The number of hydrogen-bond donors (Lipinski definition) is 0. The minimum Gasteiger partial charge on any atom is -0.258 e. The molecule has 0 amide bonds. The molecule has 0 aliphatic rings. The summed E-state index contributed by atoms with van der Waals surface area (Å²) in [6.07, 6.45) is 49.0. The Hall–Kier alpha value is -0.850. The minimum atomic E-state index is 0.889. The van der Waals surface area contributed by atoms with E-state index in [9.17, 15) is 0 Å². The Morgan fingerprint density at radius 2 is 0.591 bits per heavy atom. The van der Waals surface area contributed by atoms with Gasteiger partial charge in [-0.05, 0) is 56.7 Å². The van der Waals surface area contributed by atoms with E-state index in [2.05, 4.69) is 32.9 Å². The number of unbranched alkanes of at least 4 members (excludes halogenated alkanes) is 30. The van der Waals surface area contributed by atoms with E-state index >= 15 is 0 Å². The fraction of sp³-hybridized carbons (Fsp3) is 0.860. The van der Waals surface area contributed by atoms with E-state index in [1.807, 2.05) is 0 Å². The van der Waals surface area contributed by atoms with Crippen LogP contribution in [0.2, 0.25) is 0 Å². The summed E-state index contributed by atoms with van der Waals surface area (Å²) in [5, 5.41) is 0. The monoisotopic (exact) mass is 611 g/mol. The first-order valence-corrected chi connectivity index (χ1v) is 20.6. The van der Waals surface area contributed by atoms with Gasteiger partial charge < -0.3 is 0 Å². The van der Waals surface area contributed by atoms with E-state index < -0.39 is 0 Å². The molecule has 0 aliphatic carbocycles. The zero-order valence-electron chi connectivity index (χ0n) is 30.6. The van der Waals surface area contributed by atoms with Gasteiger partial charge in [-0.1, -0.05) is 206 Å². The fourth-order valence-corrected chi connectivity index (χ4v) is 6.83. The first kappa shape index (κ1) is 41.2. The van der Waals surface area contributed by atoms with Crippen molar-refractivity contribution in [3.05, 3.63) is 36.0 Å². The van der Waals surface area contributed by atoms with Gasteiger partial charge in [0.25, 0.3) is 0 Å². The standard InChI is InChI=1S/C43H80N/c1-4-7-9-11-13-15-17-19-21-23-25-27-29-31-33-35-37-42-39-41(6-3)40-43(44-42)38-36-34-32-30-28-26-24-22-20-18-16-14-12-10-8-5-2/h39-40H,3-38H2,1-2H3. The molecule has 1 rings (SSSR count). The molecular weight excluding hydrogens is 530 g/mol. The van der Waals surface area contributed by atoms with E-state index in [0.717, 1.165) is 19.3 Å². The number of aromatic nitrogens is 1. The molecule has 0 aromatic carbocycles. The Morgan fingerprint density at radius 3 is 0.818 bits per heavy atom. The summed E-state index contributed by atoms with van der Waals surface area (Å²) in [4.78, 5) is 5.07. The number of hydrogen-bond acceptors (Lipinski definition) is 1. The summed E-state index contributed by atoms with van der Waals surface area (Å²) in [5.41, 5.74) is 4.03. The minimum absolute atomic E-state index is 0.889. The molecule has 1 aromatic rings. The Labute approximate surface area is 279 Å². The van der Waals surface area contributed by atoms with Crippen molar-refractivity contribution in [3.8, 4) is 0 Å². The van der Waals surface area contributed by atoms with Crippen LogP contribution in [0, 0.1) is 6.92 Å². The first-order chi connectivity index (χ1) is 21.8. The maximum Gasteiger partial charge on any atom is 0.0409 e. The van der Waals surface area contributed by atoms with Crippen LogP contribution in [0.25, 0.3) is 0 Å². The Bertz CT molecular complexity index is 640. The van der Waals surface area contributed by atoms with Crippen molar-refractivity contribution < 1.29 is 0 Å². The highest BCUT2D eigenvalue weighted by molar-refractivity contribution is 5.22. The van der Waals surface area contributed by atoms with Gasteiger partial charge in [0.15, 0.2) is 0 Å². The fourth-order valence-electron chi connectivity index (χ4n) is 6.83. The van der Waals surface area contributed by atoms with E-state index in [1.54, 1.807) is 0 Å². The van der Waals surface area contributed by atoms with Crippen molar-refractivity contribution in [3.63, 3.8) is 0 Å². The van der Waals surface area contributed by atoms with Crippen molar-refractivity contribution >= 4 is 0 Å². The SMILES string of the molecule is [CH2]Cc1cc(CCCCCCCCCCCCCCCCCC)nc(CCCCCCCCCCCCCCCCCC)c1. The Morgan fingerprint density at radius 1 is 0.364 bits per heavy atom. The number of pyridine rings is 1. The van der Waals surface area contributed by atoms with Crippen LogP contribution in [0.1, 0.15) is 236 Å². The molecular formula is C43H80N. The van der Waals surface area contributed by atoms with Gasteiger partial charge in [-0.2, -0.15) is 0 Å². The molecule has 257 valence electrons. The third kappa shape index (κ3) is 27.5. The van der Waals surface area contributed by atoms with Gasteiger partial charge in [0, 0.05) is 11.4 Å². The second-order valence-electron chi connectivity index (χ2n) is 14.3. The van der Waals surface area contributed by atoms with E-state index in [0.29, 0.717) is 0 Å². The summed E-state index contributed by atoms with van der Waals surface area (Å²) < 4.78 is 0. The van der Waals surface area contributed by atoms with Crippen molar-refractivity contribution in [1.29, 1.82) is 0 Å². The lowest BCUT2D eigenvalue weighted by atomic mass is 10.0. The highest BCUT2D eigenvalue weighted by Gasteiger charge is 2.04. The predicted molar refractivity (Wildman–Crippen MR) is 200 cm³/mol. The Kier molecular flexibility index (Phi) is 31.4. The van der Waals surface area contributed by atoms with E-state index in [1.165, 1.54) is 222 Å². The smallest absolute Gasteiger partial charge is 0.0409 e. The molecule has 1 radical (unpaired) electrons. The lowest BCUT2D eigenvalue weighted by Crippen LogP contribution is -2.00. The summed E-state index contributed by atoms with van der Waals surface area (Å²) in [6, 6.07) is 4.66. The first-order valence-electron chi connectivity index (χ1n) is 20.6. The van der Waals surface area contributed by atoms with E-state index in [4.69, 9.17) is 4.98 Å². The molecule has 0 spiro atoms. The maximum absolute atomic E-state index is 5.07. The zero-order valence-corrected chi connectivity index (χ0v) is 30.6. The predicted octanol–water partition coefficient (Wildman–Crippen LogP) is 15.1. The van der Waals surface area contributed by atoms with Crippen LogP contribution in [0.15, 0.2) is 12.1 Å². The zero-order chi connectivity index (χ0) is 31.6. The molecule has 1 heteroatoms. The van der Waals surface area contributed by atoms with Crippen LogP contribution in [0.4, 0.5) is 0 Å². The molecule has 1 nitrogen and oxygen atoms in total. The topological polar surface area (TPSA) is 12.9 Å². The van der Waals surface area contributed by atoms with Gasteiger partial charge in [-0.25, -0.2) is 0 Å². The molecule has 1 aromatic heterocycles. The largest absolute Gasteiger partial charge is 0.258 e. The quantitative estimate of drug-likeness (QED) is 0.0697. The molecule has 0 fully saturated rings. The molecule has 0 unspecified atom stereocenters. The number of rotatable bonds is 35. The van der Waals surface area contributed by atoms with Gasteiger partial charge in [-0.15, -0.1) is 0 Å². The second-order valence-corrected chi connectivity index (χ2v) is 14.3. The molecule has 0 saturated heterocycles. The summed E-state index contributed by atoms with van der Waals surface area (Å²) in [6.45, 7) is 8.78. The van der Waals surface area contributed by atoms with Gasteiger partial charge in [0.1, 0.15) is 0 Å². The Balaban J connectivity index is 1.97. The van der Waals surface area contributed by atoms with Crippen molar-refractivity contribution in [2.45, 2.75) is 239 Å². The lowest BCUT2D eigenvalue weighted by Gasteiger charge is -2.09. The third-order valence-electron chi connectivity index (χ3n) is 9.85. The van der Waals surface area contributed by atoms with Crippen LogP contribution < -0.4 is 0 Å². The average Bonchev–Trinajstić information content (AvgIpc) is 3.04. The van der Waals surface area contributed by atoms with Crippen LogP contribution >= 0.6 is 0 Å². The summed E-state index contributed by atoms with van der Waals surface area (Å²) >= 11 is 0. The van der Waals surface area contributed by atoms with Crippen molar-refractivity contribution in [1.82, 2.24) is 4.98 Å². The third-order valence-corrected chi connectivity index (χ3v) is 9.85. The lowest BCUT2D eigenvalue weighted by molar-refractivity contribution is 0.528. The second kappa shape index (κ2) is 33.5.